The smallest absolute Gasteiger partial charge is 0.115 e. The van der Waals surface area contributed by atoms with Gasteiger partial charge >= 0.3 is 0 Å². The summed E-state index contributed by atoms with van der Waals surface area (Å²) in [5.74, 6) is 0.275. The lowest BCUT2D eigenvalue weighted by Gasteiger charge is -2.21. The third-order valence-corrected chi connectivity index (χ3v) is 2.31. The number of phenolic OH excluding ortho intramolecular Hbond substituents is 1. The van der Waals surface area contributed by atoms with E-state index in [1.807, 2.05) is 54.5 Å². The average Bonchev–Trinajstić information content (AvgIpc) is 2.31. The standard InChI is InChI=1S/C13H14N2O/c1-15(12-7-9-13(16)10-8-12)14-11-5-3-2-4-6-11/h2-10,14,16H,1H3. The van der Waals surface area contributed by atoms with E-state index < -0.39 is 0 Å². The van der Waals surface area contributed by atoms with Crippen LogP contribution in [0.15, 0.2) is 54.6 Å². The maximum absolute atomic E-state index is 9.19. The van der Waals surface area contributed by atoms with Crippen molar-refractivity contribution in [3.63, 3.8) is 0 Å². The molecule has 2 rings (SSSR count). The molecule has 2 aromatic carbocycles. The van der Waals surface area contributed by atoms with Gasteiger partial charge < -0.3 is 5.11 Å². The summed E-state index contributed by atoms with van der Waals surface area (Å²) in [6.07, 6.45) is 0. The highest BCUT2D eigenvalue weighted by Gasteiger charge is 1.99. The van der Waals surface area contributed by atoms with Crippen LogP contribution in [0.1, 0.15) is 0 Å². The van der Waals surface area contributed by atoms with Crippen molar-refractivity contribution < 1.29 is 5.11 Å². The van der Waals surface area contributed by atoms with Crippen LogP contribution in [-0.2, 0) is 0 Å². The van der Waals surface area contributed by atoms with Gasteiger partial charge in [-0.15, -0.1) is 0 Å². The van der Waals surface area contributed by atoms with Crippen molar-refractivity contribution >= 4 is 11.4 Å². The molecule has 0 atom stereocenters. The molecule has 0 spiro atoms. The SMILES string of the molecule is CN(Nc1ccccc1)c1ccc(O)cc1. The van der Waals surface area contributed by atoms with Crippen molar-refractivity contribution in [1.29, 1.82) is 0 Å². The van der Waals surface area contributed by atoms with E-state index in [1.54, 1.807) is 12.1 Å². The zero-order valence-corrected chi connectivity index (χ0v) is 9.09. The Hall–Kier alpha value is -2.16. The van der Waals surface area contributed by atoms with Crippen LogP contribution in [0.2, 0.25) is 0 Å². The van der Waals surface area contributed by atoms with Crippen molar-refractivity contribution in [2.75, 3.05) is 17.5 Å². The molecule has 0 aromatic heterocycles. The number of rotatable bonds is 3. The average molecular weight is 214 g/mol. The molecule has 2 N–H and O–H groups in total. The number of benzene rings is 2. The molecule has 2 aromatic rings. The third kappa shape index (κ3) is 2.45. The summed E-state index contributed by atoms with van der Waals surface area (Å²) >= 11 is 0. The lowest BCUT2D eigenvalue weighted by Crippen LogP contribution is -2.24. The minimum absolute atomic E-state index is 0.275. The highest BCUT2D eigenvalue weighted by molar-refractivity contribution is 5.55. The molecular formula is C13H14N2O. The first-order valence-electron chi connectivity index (χ1n) is 5.10. The number of para-hydroxylation sites is 1. The molecule has 0 saturated carbocycles. The maximum atomic E-state index is 9.19. The highest BCUT2D eigenvalue weighted by Crippen LogP contribution is 2.18. The molecule has 82 valence electrons. The third-order valence-electron chi connectivity index (χ3n) is 2.31. The van der Waals surface area contributed by atoms with Gasteiger partial charge in [-0.2, -0.15) is 0 Å². The van der Waals surface area contributed by atoms with Gasteiger partial charge in [0, 0.05) is 7.05 Å². The second-order valence-corrected chi connectivity index (χ2v) is 3.55. The molecule has 3 heteroatoms. The zero-order chi connectivity index (χ0) is 11.4. The number of hydrogen-bond acceptors (Lipinski definition) is 3. The van der Waals surface area contributed by atoms with E-state index in [2.05, 4.69) is 5.43 Å². The number of hydrogen-bond donors (Lipinski definition) is 2. The predicted octanol–water partition coefficient (Wildman–Crippen LogP) is 2.86. The monoisotopic (exact) mass is 214 g/mol. The van der Waals surface area contributed by atoms with Crippen LogP contribution in [0, 0.1) is 0 Å². The molecule has 0 aliphatic heterocycles. The summed E-state index contributed by atoms with van der Waals surface area (Å²) < 4.78 is 0. The quantitative estimate of drug-likeness (QED) is 0.771. The van der Waals surface area contributed by atoms with Crippen LogP contribution in [0.3, 0.4) is 0 Å². The Labute approximate surface area is 94.9 Å². The predicted molar refractivity (Wildman–Crippen MR) is 66.6 cm³/mol. The largest absolute Gasteiger partial charge is 0.508 e. The Balaban J connectivity index is 2.09. The van der Waals surface area contributed by atoms with Gasteiger partial charge in [0.25, 0.3) is 0 Å². The van der Waals surface area contributed by atoms with Gasteiger partial charge in [0.05, 0.1) is 11.4 Å². The normalized spacial score (nSPS) is 9.81. The van der Waals surface area contributed by atoms with E-state index in [9.17, 15) is 5.11 Å². The summed E-state index contributed by atoms with van der Waals surface area (Å²) in [7, 11) is 1.93. The Morgan fingerprint density at radius 3 is 2.19 bits per heavy atom. The number of aromatic hydroxyl groups is 1. The number of phenols is 1. The van der Waals surface area contributed by atoms with Gasteiger partial charge in [-0.05, 0) is 36.4 Å². The molecule has 0 saturated heterocycles. The molecule has 16 heavy (non-hydrogen) atoms. The molecule has 0 amide bonds. The van der Waals surface area contributed by atoms with E-state index in [4.69, 9.17) is 0 Å². The Morgan fingerprint density at radius 2 is 1.56 bits per heavy atom. The van der Waals surface area contributed by atoms with E-state index in [0.717, 1.165) is 11.4 Å². The van der Waals surface area contributed by atoms with Crippen LogP contribution in [0.5, 0.6) is 5.75 Å². The molecule has 0 fully saturated rings. The van der Waals surface area contributed by atoms with Gasteiger partial charge in [-0.25, -0.2) is 0 Å². The fourth-order valence-corrected chi connectivity index (χ4v) is 1.45. The first-order valence-corrected chi connectivity index (χ1v) is 5.10. The Bertz CT molecular complexity index is 439. The molecule has 0 heterocycles. The molecule has 0 radical (unpaired) electrons. The maximum Gasteiger partial charge on any atom is 0.115 e. The molecule has 3 nitrogen and oxygen atoms in total. The number of nitrogens with one attached hydrogen (secondary N) is 1. The van der Waals surface area contributed by atoms with Gasteiger partial charge in [-0.1, -0.05) is 18.2 Å². The second-order valence-electron chi connectivity index (χ2n) is 3.55. The lowest BCUT2D eigenvalue weighted by atomic mass is 10.3. The summed E-state index contributed by atoms with van der Waals surface area (Å²) in [4.78, 5) is 0. The Morgan fingerprint density at radius 1 is 0.938 bits per heavy atom. The van der Waals surface area contributed by atoms with Gasteiger partial charge in [0.2, 0.25) is 0 Å². The fourth-order valence-electron chi connectivity index (χ4n) is 1.45. The van der Waals surface area contributed by atoms with Crippen molar-refractivity contribution in [2.45, 2.75) is 0 Å². The van der Waals surface area contributed by atoms with Crippen LogP contribution in [0.4, 0.5) is 11.4 Å². The van der Waals surface area contributed by atoms with E-state index in [-0.39, 0.29) is 5.75 Å². The fraction of sp³-hybridized carbons (Fsp3) is 0.0769. The van der Waals surface area contributed by atoms with Gasteiger partial charge in [-0.3, -0.25) is 10.4 Å². The van der Waals surface area contributed by atoms with Crippen LogP contribution in [-0.4, -0.2) is 12.2 Å². The second kappa shape index (κ2) is 4.57. The summed E-state index contributed by atoms with van der Waals surface area (Å²) in [6, 6.07) is 17.0. The van der Waals surface area contributed by atoms with Crippen molar-refractivity contribution in [3.8, 4) is 5.75 Å². The minimum atomic E-state index is 0.275. The lowest BCUT2D eigenvalue weighted by molar-refractivity contribution is 0.475. The van der Waals surface area contributed by atoms with E-state index in [1.165, 1.54) is 0 Å². The summed E-state index contributed by atoms with van der Waals surface area (Å²) in [5, 5.41) is 11.1. The van der Waals surface area contributed by atoms with Gasteiger partial charge in [0.1, 0.15) is 5.75 Å². The molecule has 0 aliphatic rings. The van der Waals surface area contributed by atoms with E-state index in [0.29, 0.717) is 0 Å². The van der Waals surface area contributed by atoms with Crippen molar-refractivity contribution in [1.82, 2.24) is 0 Å². The highest BCUT2D eigenvalue weighted by atomic mass is 16.3. The summed E-state index contributed by atoms with van der Waals surface area (Å²) in [6.45, 7) is 0. The van der Waals surface area contributed by atoms with Gasteiger partial charge in [0.15, 0.2) is 0 Å². The number of anilines is 2. The van der Waals surface area contributed by atoms with Crippen molar-refractivity contribution in [2.24, 2.45) is 0 Å². The zero-order valence-electron chi connectivity index (χ0n) is 9.09. The number of hydrazine groups is 1. The van der Waals surface area contributed by atoms with Crippen LogP contribution < -0.4 is 10.4 Å². The topological polar surface area (TPSA) is 35.5 Å². The molecule has 0 bridgehead atoms. The molecule has 0 aliphatic carbocycles. The summed E-state index contributed by atoms with van der Waals surface area (Å²) in [5.41, 5.74) is 5.24. The van der Waals surface area contributed by atoms with Crippen LogP contribution >= 0.6 is 0 Å². The number of nitrogens with zero attached hydrogens (tertiary/aromatic N) is 1. The minimum Gasteiger partial charge on any atom is -0.508 e. The molecule has 0 unspecified atom stereocenters. The van der Waals surface area contributed by atoms with Crippen LogP contribution in [0.25, 0.3) is 0 Å². The molecular weight excluding hydrogens is 200 g/mol. The Kier molecular flexibility index (Phi) is 2.96. The first-order chi connectivity index (χ1) is 7.75. The van der Waals surface area contributed by atoms with E-state index >= 15 is 0 Å². The first kappa shape index (κ1) is 10.4. The van der Waals surface area contributed by atoms with Crippen molar-refractivity contribution in [3.05, 3.63) is 54.6 Å².